The lowest BCUT2D eigenvalue weighted by molar-refractivity contribution is 1.52. The molecular formula is C35H23N. The fourth-order valence-electron chi connectivity index (χ4n) is 4.89. The van der Waals surface area contributed by atoms with E-state index in [1.165, 1.54) is 38.2 Å². The molecule has 0 saturated carbocycles. The van der Waals surface area contributed by atoms with Crippen LogP contribution < -0.4 is 0 Å². The van der Waals surface area contributed by atoms with Gasteiger partial charge in [-0.2, -0.15) is 5.26 Å². The van der Waals surface area contributed by atoms with Crippen LogP contribution >= 0.6 is 0 Å². The molecule has 0 unspecified atom stereocenters. The minimum atomic E-state index is 0.650. The molecule has 6 rings (SSSR count). The third kappa shape index (κ3) is 4.06. The van der Waals surface area contributed by atoms with Gasteiger partial charge in [-0.3, -0.25) is 0 Å². The predicted octanol–water partition coefficient (Wildman–Crippen LogP) is 9.39. The van der Waals surface area contributed by atoms with Crippen molar-refractivity contribution in [1.29, 1.82) is 5.26 Å². The van der Waals surface area contributed by atoms with Crippen molar-refractivity contribution in [2.45, 2.75) is 0 Å². The highest BCUT2D eigenvalue weighted by atomic mass is 14.2. The molecule has 0 aliphatic heterocycles. The SMILES string of the molecule is N#C/C(=C/c1ccc(-c2cccc3ccccc23)cc1)c1ccc(-c2cccc3ccccc23)cc1. The van der Waals surface area contributed by atoms with Crippen molar-refractivity contribution in [2.24, 2.45) is 0 Å². The molecule has 0 saturated heterocycles. The summed E-state index contributed by atoms with van der Waals surface area (Å²) in [5.74, 6) is 0. The van der Waals surface area contributed by atoms with E-state index < -0.39 is 0 Å². The summed E-state index contributed by atoms with van der Waals surface area (Å²) in [6, 6.07) is 48.7. The number of hydrogen-bond acceptors (Lipinski definition) is 1. The van der Waals surface area contributed by atoms with Crippen LogP contribution in [0.1, 0.15) is 11.1 Å². The molecule has 1 heteroatoms. The van der Waals surface area contributed by atoms with E-state index in [9.17, 15) is 5.26 Å². The standard InChI is InChI=1S/C35H23N/c36-24-31(26-19-21-30(22-20-26)35-14-6-10-28-8-2-4-12-33(28)35)23-25-15-17-29(18-16-25)34-13-5-9-27-7-1-3-11-32(27)34/h1-23H/b31-23-. The van der Waals surface area contributed by atoms with Gasteiger partial charge in [0.05, 0.1) is 11.6 Å². The zero-order valence-electron chi connectivity index (χ0n) is 19.7. The Morgan fingerprint density at radius 2 is 0.972 bits per heavy atom. The molecule has 6 aromatic carbocycles. The van der Waals surface area contributed by atoms with Gasteiger partial charge in [0, 0.05) is 0 Å². The number of allylic oxidation sites excluding steroid dienone is 1. The van der Waals surface area contributed by atoms with Crippen LogP contribution in [0.2, 0.25) is 0 Å². The molecule has 0 aromatic heterocycles. The summed E-state index contributed by atoms with van der Waals surface area (Å²) in [6.07, 6.45) is 1.96. The normalized spacial score (nSPS) is 11.5. The molecule has 0 N–H and O–H groups in total. The summed E-state index contributed by atoms with van der Waals surface area (Å²) >= 11 is 0. The number of benzene rings is 6. The maximum Gasteiger partial charge on any atom is 0.0998 e. The van der Waals surface area contributed by atoms with Crippen molar-refractivity contribution >= 4 is 33.2 Å². The maximum absolute atomic E-state index is 9.90. The molecule has 0 amide bonds. The smallest absolute Gasteiger partial charge is 0.0998 e. The van der Waals surface area contributed by atoms with Crippen LogP contribution in [-0.2, 0) is 0 Å². The van der Waals surface area contributed by atoms with Gasteiger partial charge in [0.15, 0.2) is 0 Å². The van der Waals surface area contributed by atoms with Gasteiger partial charge in [-0.15, -0.1) is 0 Å². The van der Waals surface area contributed by atoms with E-state index in [1.54, 1.807) is 0 Å². The molecule has 0 aliphatic carbocycles. The van der Waals surface area contributed by atoms with Crippen molar-refractivity contribution < 1.29 is 0 Å². The zero-order chi connectivity index (χ0) is 24.3. The fraction of sp³-hybridized carbons (Fsp3) is 0. The lowest BCUT2D eigenvalue weighted by Crippen LogP contribution is -1.86. The van der Waals surface area contributed by atoms with E-state index in [2.05, 4.69) is 127 Å². The molecule has 0 heterocycles. The van der Waals surface area contributed by atoms with Gasteiger partial charge < -0.3 is 0 Å². The molecule has 0 bridgehead atoms. The van der Waals surface area contributed by atoms with E-state index in [-0.39, 0.29) is 0 Å². The largest absolute Gasteiger partial charge is 0.192 e. The van der Waals surface area contributed by atoms with Gasteiger partial charge >= 0.3 is 0 Å². The first kappa shape index (κ1) is 21.6. The second kappa shape index (κ2) is 9.37. The van der Waals surface area contributed by atoms with Gasteiger partial charge in [-0.25, -0.2) is 0 Å². The van der Waals surface area contributed by atoms with E-state index >= 15 is 0 Å². The highest BCUT2D eigenvalue weighted by Crippen LogP contribution is 2.31. The van der Waals surface area contributed by atoms with Gasteiger partial charge in [0.1, 0.15) is 0 Å². The van der Waals surface area contributed by atoms with Gasteiger partial charge in [-0.1, -0.05) is 133 Å². The molecule has 0 aliphatic rings. The maximum atomic E-state index is 9.90. The Morgan fingerprint density at radius 1 is 0.500 bits per heavy atom. The summed E-state index contributed by atoms with van der Waals surface area (Å²) in [5.41, 5.74) is 7.30. The van der Waals surface area contributed by atoms with Crippen molar-refractivity contribution in [2.75, 3.05) is 0 Å². The van der Waals surface area contributed by atoms with Crippen LogP contribution in [0, 0.1) is 11.3 Å². The van der Waals surface area contributed by atoms with Gasteiger partial charge in [0.2, 0.25) is 0 Å². The molecule has 0 fully saturated rings. The van der Waals surface area contributed by atoms with Crippen LogP contribution in [0.3, 0.4) is 0 Å². The van der Waals surface area contributed by atoms with E-state index in [0.717, 1.165) is 16.7 Å². The van der Waals surface area contributed by atoms with Crippen molar-refractivity contribution in [3.05, 3.63) is 145 Å². The molecule has 0 atom stereocenters. The summed E-state index contributed by atoms with van der Waals surface area (Å²) in [5, 5.41) is 14.8. The van der Waals surface area contributed by atoms with Crippen molar-refractivity contribution in [3.63, 3.8) is 0 Å². The van der Waals surface area contributed by atoms with Gasteiger partial charge in [0.25, 0.3) is 0 Å². The lowest BCUT2D eigenvalue weighted by atomic mass is 9.95. The lowest BCUT2D eigenvalue weighted by Gasteiger charge is -2.09. The first-order valence-electron chi connectivity index (χ1n) is 12.1. The summed E-state index contributed by atoms with van der Waals surface area (Å²) < 4.78 is 0. The van der Waals surface area contributed by atoms with Crippen LogP contribution in [0.5, 0.6) is 0 Å². The minimum Gasteiger partial charge on any atom is -0.192 e. The molecule has 0 spiro atoms. The Morgan fingerprint density at radius 3 is 1.50 bits per heavy atom. The van der Waals surface area contributed by atoms with Gasteiger partial charge in [-0.05, 0) is 61.0 Å². The van der Waals surface area contributed by atoms with Crippen molar-refractivity contribution in [1.82, 2.24) is 0 Å². The predicted molar refractivity (Wildman–Crippen MR) is 152 cm³/mol. The number of nitrogens with zero attached hydrogens (tertiary/aromatic N) is 1. The number of fused-ring (bicyclic) bond motifs is 2. The first-order chi connectivity index (χ1) is 17.8. The monoisotopic (exact) mass is 457 g/mol. The molecule has 1 nitrogen and oxygen atoms in total. The Kier molecular flexibility index (Phi) is 5.62. The van der Waals surface area contributed by atoms with Crippen molar-refractivity contribution in [3.8, 4) is 28.3 Å². The van der Waals surface area contributed by atoms with E-state index in [1.807, 2.05) is 18.2 Å². The first-order valence-corrected chi connectivity index (χ1v) is 12.1. The number of hydrogen-bond donors (Lipinski definition) is 0. The van der Waals surface area contributed by atoms with E-state index in [4.69, 9.17) is 0 Å². The van der Waals surface area contributed by atoms with Crippen LogP contribution in [-0.4, -0.2) is 0 Å². The second-order valence-electron chi connectivity index (χ2n) is 8.92. The average Bonchev–Trinajstić information content (AvgIpc) is 2.96. The number of nitriles is 1. The average molecular weight is 458 g/mol. The Balaban J connectivity index is 1.30. The van der Waals surface area contributed by atoms with Crippen LogP contribution in [0.15, 0.2) is 133 Å². The molecule has 6 aromatic rings. The molecule has 36 heavy (non-hydrogen) atoms. The molecule has 168 valence electrons. The Labute approximate surface area is 211 Å². The summed E-state index contributed by atoms with van der Waals surface area (Å²) in [4.78, 5) is 0. The highest BCUT2D eigenvalue weighted by Gasteiger charge is 2.07. The fourth-order valence-corrected chi connectivity index (χ4v) is 4.89. The molecular weight excluding hydrogens is 434 g/mol. The Bertz CT molecular complexity index is 1750. The molecule has 0 radical (unpaired) electrons. The zero-order valence-corrected chi connectivity index (χ0v) is 19.7. The number of rotatable bonds is 4. The topological polar surface area (TPSA) is 23.8 Å². The highest BCUT2D eigenvalue weighted by molar-refractivity contribution is 5.98. The minimum absolute atomic E-state index is 0.650. The third-order valence-electron chi connectivity index (χ3n) is 6.74. The summed E-state index contributed by atoms with van der Waals surface area (Å²) in [6.45, 7) is 0. The quantitative estimate of drug-likeness (QED) is 0.191. The Hall–Kier alpha value is -4.93. The third-order valence-corrected chi connectivity index (χ3v) is 6.74. The van der Waals surface area contributed by atoms with Crippen LogP contribution in [0.4, 0.5) is 0 Å². The summed E-state index contributed by atoms with van der Waals surface area (Å²) in [7, 11) is 0. The van der Waals surface area contributed by atoms with Crippen LogP contribution in [0.25, 0.3) is 55.4 Å². The van der Waals surface area contributed by atoms with E-state index in [0.29, 0.717) is 5.57 Å². The second-order valence-corrected chi connectivity index (χ2v) is 8.92.